The van der Waals surface area contributed by atoms with E-state index < -0.39 is 0 Å². The van der Waals surface area contributed by atoms with Crippen LogP contribution in [0.3, 0.4) is 0 Å². The zero-order chi connectivity index (χ0) is 21.6. The first kappa shape index (κ1) is 22.3. The number of methoxy groups -OCH3 is 1. The van der Waals surface area contributed by atoms with E-state index in [0.29, 0.717) is 12.6 Å². The first-order valence-corrected chi connectivity index (χ1v) is 11.8. The van der Waals surface area contributed by atoms with Crippen molar-refractivity contribution in [3.63, 3.8) is 0 Å². The number of benzene rings is 2. The largest absolute Gasteiger partial charge is 0.493 e. The molecule has 2 aliphatic rings. The zero-order valence-corrected chi connectivity index (χ0v) is 19.5. The van der Waals surface area contributed by atoms with E-state index in [1.165, 1.54) is 24.1 Å². The molecule has 0 saturated carbocycles. The van der Waals surface area contributed by atoms with Crippen molar-refractivity contribution in [3.8, 4) is 11.5 Å². The van der Waals surface area contributed by atoms with E-state index in [4.69, 9.17) is 21.1 Å². The van der Waals surface area contributed by atoms with E-state index in [2.05, 4.69) is 39.0 Å². The van der Waals surface area contributed by atoms with Gasteiger partial charge in [-0.25, -0.2) is 0 Å². The predicted molar refractivity (Wildman–Crippen MR) is 128 cm³/mol. The van der Waals surface area contributed by atoms with Crippen LogP contribution in [0.5, 0.6) is 11.5 Å². The summed E-state index contributed by atoms with van der Waals surface area (Å²) in [6, 6.07) is 15.2. The van der Waals surface area contributed by atoms with Gasteiger partial charge in [-0.1, -0.05) is 23.7 Å². The standard InChI is InChI=1S/C25H34ClN3O2/c1-3-31-25-16-20(9-10-24(25)30-2)18-27-11-5-8-23(19-27)29-14-12-28(13-15-29)22-7-4-6-21(26)17-22/h4,6-7,9-10,16-17,23H,3,5,8,11-15,18-19H2,1-2H3/t23-/m0/s1. The molecular formula is C25H34ClN3O2. The van der Waals surface area contributed by atoms with Crippen LogP contribution in [-0.4, -0.2) is 68.8 Å². The summed E-state index contributed by atoms with van der Waals surface area (Å²) in [6.07, 6.45) is 2.55. The fraction of sp³-hybridized carbons (Fsp3) is 0.520. The van der Waals surface area contributed by atoms with Gasteiger partial charge in [-0.3, -0.25) is 9.80 Å². The Bertz CT molecular complexity index is 854. The molecule has 0 radical (unpaired) electrons. The summed E-state index contributed by atoms with van der Waals surface area (Å²) < 4.78 is 11.2. The molecule has 168 valence electrons. The maximum absolute atomic E-state index is 6.18. The highest BCUT2D eigenvalue weighted by Gasteiger charge is 2.28. The molecule has 1 atom stereocenters. The molecule has 2 fully saturated rings. The molecule has 0 spiro atoms. The summed E-state index contributed by atoms with van der Waals surface area (Å²) in [4.78, 5) is 7.73. The second-order valence-corrected chi connectivity index (χ2v) is 8.89. The minimum absolute atomic E-state index is 0.639. The van der Waals surface area contributed by atoms with Crippen LogP contribution >= 0.6 is 11.6 Å². The number of anilines is 1. The summed E-state index contributed by atoms with van der Waals surface area (Å²) in [5.41, 5.74) is 2.53. The number of nitrogens with zero attached hydrogens (tertiary/aromatic N) is 3. The van der Waals surface area contributed by atoms with Crippen molar-refractivity contribution in [2.45, 2.75) is 32.4 Å². The van der Waals surface area contributed by atoms with Gasteiger partial charge in [0, 0.05) is 56.0 Å². The molecule has 2 aliphatic heterocycles. The molecule has 6 heteroatoms. The van der Waals surface area contributed by atoms with Crippen LogP contribution in [0, 0.1) is 0 Å². The number of ether oxygens (including phenoxy) is 2. The van der Waals surface area contributed by atoms with Crippen molar-refractivity contribution in [2.75, 3.05) is 57.9 Å². The molecule has 2 aromatic rings. The molecule has 0 aliphatic carbocycles. The molecule has 0 bridgehead atoms. The average molecular weight is 444 g/mol. The Hall–Kier alpha value is -1.95. The Morgan fingerprint density at radius 2 is 1.84 bits per heavy atom. The third-order valence-corrected chi connectivity index (χ3v) is 6.65. The van der Waals surface area contributed by atoms with E-state index in [0.717, 1.165) is 62.3 Å². The number of likely N-dealkylation sites (tertiary alicyclic amines) is 1. The van der Waals surface area contributed by atoms with Gasteiger partial charge < -0.3 is 14.4 Å². The third kappa shape index (κ3) is 5.65. The van der Waals surface area contributed by atoms with Gasteiger partial charge in [0.2, 0.25) is 0 Å². The van der Waals surface area contributed by atoms with Gasteiger partial charge in [0.05, 0.1) is 13.7 Å². The van der Waals surface area contributed by atoms with E-state index in [9.17, 15) is 0 Å². The fourth-order valence-electron chi connectivity index (χ4n) is 4.84. The van der Waals surface area contributed by atoms with Gasteiger partial charge in [-0.2, -0.15) is 0 Å². The summed E-state index contributed by atoms with van der Waals surface area (Å²) in [7, 11) is 1.69. The highest BCUT2D eigenvalue weighted by molar-refractivity contribution is 6.30. The van der Waals surface area contributed by atoms with Crippen LogP contribution in [0.1, 0.15) is 25.3 Å². The molecule has 2 heterocycles. The molecule has 31 heavy (non-hydrogen) atoms. The van der Waals surface area contributed by atoms with Gasteiger partial charge >= 0.3 is 0 Å². The Balaban J connectivity index is 1.32. The minimum Gasteiger partial charge on any atom is -0.493 e. The molecule has 4 rings (SSSR count). The zero-order valence-electron chi connectivity index (χ0n) is 18.7. The lowest BCUT2D eigenvalue weighted by Gasteiger charge is -2.44. The van der Waals surface area contributed by atoms with E-state index in [1.54, 1.807) is 7.11 Å². The highest BCUT2D eigenvalue weighted by Crippen LogP contribution is 2.29. The number of halogens is 1. The van der Waals surface area contributed by atoms with Gasteiger partial charge in [0.1, 0.15) is 0 Å². The Morgan fingerprint density at radius 1 is 1.00 bits per heavy atom. The van der Waals surface area contributed by atoms with Gasteiger partial charge in [0.25, 0.3) is 0 Å². The minimum atomic E-state index is 0.639. The van der Waals surface area contributed by atoms with Crippen molar-refractivity contribution in [2.24, 2.45) is 0 Å². The van der Waals surface area contributed by atoms with Crippen LogP contribution in [-0.2, 0) is 6.54 Å². The summed E-state index contributed by atoms with van der Waals surface area (Å²) in [5, 5.41) is 0.814. The quantitative estimate of drug-likeness (QED) is 0.626. The van der Waals surface area contributed by atoms with Crippen molar-refractivity contribution in [1.82, 2.24) is 9.80 Å². The smallest absolute Gasteiger partial charge is 0.161 e. The number of piperazine rings is 1. The van der Waals surface area contributed by atoms with Crippen LogP contribution in [0.2, 0.25) is 5.02 Å². The molecular weight excluding hydrogens is 410 g/mol. The van der Waals surface area contributed by atoms with Gasteiger partial charge in [-0.15, -0.1) is 0 Å². The maximum atomic E-state index is 6.18. The van der Waals surface area contributed by atoms with Crippen molar-refractivity contribution >= 4 is 17.3 Å². The number of piperidine rings is 1. The number of hydrogen-bond acceptors (Lipinski definition) is 5. The Kier molecular flexibility index (Phi) is 7.59. The number of rotatable bonds is 7. The predicted octanol–water partition coefficient (Wildman–Crippen LogP) is 4.53. The van der Waals surface area contributed by atoms with Crippen molar-refractivity contribution in [1.29, 1.82) is 0 Å². The van der Waals surface area contributed by atoms with Crippen molar-refractivity contribution in [3.05, 3.63) is 53.1 Å². The lowest BCUT2D eigenvalue weighted by Crippen LogP contribution is -2.55. The Morgan fingerprint density at radius 3 is 2.58 bits per heavy atom. The first-order chi connectivity index (χ1) is 15.2. The fourth-order valence-corrected chi connectivity index (χ4v) is 5.02. The van der Waals surface area contributed by atoms with Crippen LogP contribution in [0.25, 0.3) is 0 Å². The van der Waals surface area contributed by atoms with Gasteiger partial charge in [0.15, 0.2) is 11.5 Å². The summed E-state index contributed by atoms with van der Waals surface area (Å²) >= 11 is 6.18. The SMILES string of the molecule is CCOc1cc(CN2CCC[C@H](N3CCN(c4cccc(Cl)c4)CC3)C2)ccc1OC. The van der Waals surface area contributed by atoms with Crippen molar-refractivity contribution < 1.29 is 9.47 Å². The molecule has 0 aromatic heterocycles. The third-order valence-electron chi connectivity index (χ3n) is 6.42. The second-order valence-electron chi connectivity index (χ2n) is 8.45. The monoisotopic (exact) mass is 443 g/mol. The van der Waals surface area contributed by atoms with E-state index >= 15 is 0 Å². The lowest BCUT2D eigenvalue weighted by atomic mass is 10.0. The van der Waals surface area contributed by atoms with Gasteiger partial charge in [-0.05, 0) is 62.2 Å². The van der Waals surface area contributed by atoms with Crippen LogP contribution < -0.4 is 14.4 Å². The Labute approximate surface area is 191 Å². The average Bonchev–Trinajstić information content (AvgIpc) is 2.80. The second kappa shape index (κ2) is 10.6. The van der Waals surface area contributed by atoms with E-state index in [1.807, 2.05) is 25.1 Å². The summed E-state index contributed by atoms with van der Waals surface area (Å²) in [6.45, 7) is 10.3. The topological polar surface area (TPSA) is 28.2 Å². The molecule has 0 amide bonds. The molecule has 2 saturated heterocycles. The molecule has 0 N–H and O–H groups in total. The number of hydrogen-bond donors (Lipinski definition) is 0. The normalized spacial score (nSPS) is 20.6. The lowest BCUT2D eigenvalue weighted by molar-refractivity contribution is 0.0887. The first-order valence-electron chi connectivity index (χ1n) is 11.4. The van der Waals surface area contributed by atoms with E-state index in [-0.39, 0.29) is 0 Å². The molecule has 5 nitrogen and oxygen atoms in total. The van der Waals surface area contributed by atoms with Crippen LogP contribution in [0.15, 0.2) is 42.5 Å². The highest BCUT2D eigenvalue weighted by atomic mass is 35.5. The molecule has 2 aromatic carbocycles. The maximum Gasteiger partial charge on any atom is 0.161 e. The summed E-state index contributed by atoms with van der Waals surface area (Å²) in [5.74, 6) is 1.65. The molecule has 0 unspecified atom stereocenters. The van der Waals surface area contributed by atoms with Crippen LogP contribution in [0.4, 0.5) is 5.69 Å².